The summed E-state index contributed by atoms with van der Waals surface area (Å²) in [4.78, 5) is 22.2. The summed E-state index contributed by atoms with van der Waals surface area (Å²) in [5, 5.41) is 25.2. The fourth-order valence-corrected chi connectivity index (χ4v) is 1.90. The zero-order chi connectivity index (χ0) is 17.5. The summed E-state index contributed by atoms with van der Waals surface area (Å²) >= 11 is 0. The second kappa shape index (κ2) is 7.56. The minimum atomic E-state index is -0.604. The van der Waals surface area contributed by atoms with Crippen LogP contribution in [0.5, 0.6) is 0 Å². The molecular formula is C17H14N4O3. The number of aryl methyl sites for hydroxylation is 1. The Morgan fingerprint density at radius 1 is 1.21 bits per heavy atom. The van der Waals surface area contributed by atoms with Gasteiger partial charge in [0.25, 0.3) is 11.6 Å². The number of nitro groups is 1. The van der Waals surface area contributed by atoms with E-state index >= 15 is 0 Å². The van der Waals surface area contributed by atoms with Gasteiger partial charge in [-0.2, -0.15) is 5.26 Å². The van der Waals surface area contributed by atoms with E-state index in [2.05, 4.69) is 10.6 Å². The highest BCUT2D eigenvalue weighted by Gasteiger charge is 2.11. The van der Waals surface area contributed by atoms with Crippen molar-refractivity contribution in [1.82, 2.24) is 0 Å². The molecule has 0 spiro atoms. The van der Waals surface area contributed by atoms with E-state index in [-0.39, 0.29) is 11.3 Å². The second-order valence-corrected chi connectivity index (χ2v) is 4.89. The van der Waals surface area contributed by atoms with Crippen LogP contribution in [0.15, 0.2) is 60.3 Å². The molecule has 0 aliphatic heterocycles. The second-order valence-electron chi connectivity index (χ2n) is 4.89. The van der Waals surface area contributed by atoms with Crippen LogP contribution in [0, 0.1) is 28.4 Å². The summed E-state index contributed by atoms with van der Waals surface area (Å²) in [6.45, 7) is 1.90. The minimum absolute atomic E-state index is 0.0785. The maximum atomic E-state index is 12.1. The number of carbonyl (C=O) groups excluding carboxylic acids is 1. The van der Waals surface area contributed by atoms with Crippen molar-refractivity contribution in [2.45, 2.75) is 6.92 Å². The molecule has 7 heteroatoms. The van der Waals surface area contributed by atoms with E-state index in [0.29, 0.717) is 5.69 Å². The zero-order valence-corrected chi connectivity index (χ0v) is 12.8. The molecule has 0 heterocycles. The molecule has 1 amide bonds. The Kier molecular flexibility index (Phi) is 5.26. The Balaban J connectivity index is 2.08. The molecule has 120 valence electrons. The quantitative estimate of drug-likeness (QED) is 0.380. The van der Waals surface area contributed by atoms with E-state index in [1.54, 1.807) is 0 Å². The van der Waals surface area contributed by atoms with Crippen LogP contribution in [0.25, 0.3) is 0 Å². The van der Waals surface area contributed by atoms with Crippen molar-refractivity contribution in [3.05, 3.63) is 76.0 Å². The lowest BCUT2D eigenvalue weighted by molar-refractivity contribution is -0.384. The molecule has 2 rings (SSSR count). The number of nitriles is 1. The van der Waals surface area contributed by atoms with Gasteiger partial charge >= 0.3 is 0 Å². The highest BCUT2D eigenvalue weighted by atomic mass is 16.6. The highest BCUT2D eigenvalue weighted by molar-refractivity contribution is 6.06. The van der Waals surface area contributed by atoms with Crippen LogP contribution in [0.3, 0.4) is 0 Å². The third kappa shape index (κ3) is 4.18. The van der Waals surface area contributed by atoms with E-state index in [1.165, 1.54) is 30.5 Å². The van der Waals surface area contributed by atoms with Crippen molar-refractivity contribution in [1.29, 1.82) is 5.26 Å². The Labute approximate surface area is 138 Å². The number of hydrogen-bond acceptors (Lipinski definition) is 5. The average molecular weight is 322 g/mol. The smallest absolute Gasteiger partial charge is 0.269 e. The average Bonchev–Trinajstić information content (AvgIpc) is 2.57. The monoisotopic (exact) mass is 322 g/mol. The normalized spacial score (nSPS) is 10.6. The molecule has 0 radical (unpaired) electrons. The fraction of sp³-hybridized carbons (Fsp3) is 0.0588. The molecule has 2 aromatic carbocycles. The molecule has 0 aromatic heterocycles. The number of nitrogens with zero attached hydrogens (tertiary/aromatic N) is 2. The molecule has 0 aliphatic carbocycles. The minimum Gasteiger partial charge on any atom is -0.360 e. The van der Waals surface area contributed by atoms with Gasteiger partial charge in [-0.3, -0.25) is 14.9 Å². The predicted octanol–water partition coefficient (Wildman–Crippen LogP) is 3.36. The zero-order valence-electron chi connectivity index (χ0n) is 12.8. The molecule has 7 nitrogen and oxygen atoms in total. The molecule has 0 atom stereocenters. The van der Waals surface area contributed by atoms with Gasteiger partial charge in [-0.05, 0) is 30.7 Å². The summed E-state index contributed by atoms with van der Waals surface area (Å²) in [6, 6.07) is 14.6. The van der Waals surface area contributed by atoms with Crippen LogP contribution in [0.1, 0.15) is 5.56 Å². The fourth-order valence-electron chi connectivity index (χ4n) is 1.90. The summed E-state index contributed by atoms with van der Waals surface area (Å²) in [6.07, 6.45) is 1.32. The van der Waals surface area contributed by atoms with Gasteiger partial charge in [0.15, 0.2) is 0 Å². The molecule has 0 aliphatic rings. The SMILES string of the molecule is Cc1ccccc1N/C=C(/C#N)C(=O)Nc1ccc([N+](=O)[O-])cc1. The maximum Gasteiger partial charge on any atom is 0.269 e. The van der Waals surface area contributed by atoms with Crippen LogP contribution >= 0.6 is 0 Å². The molecule has 2 N–H and O–H groups in total. The number of amides is 1. The summed E-state index contributed by atoms with van der Waals surface area (Å²) in [5.74, 6) is -0.604. The largest absolute Gasteiger partial charge is 0.360 e. The van der Waals surface area contributed by atoms with Crippen LogP contribution < -0.4 is 10.6 Å². The first-order valence-corrected chi connectivity index (χ1v) is 6.99. The van der Waals surface area contributed by atoms with Gasteiger partial charge in [0.05, 0.1) is 4.92 Å². The number of benzene rings is 2. The van der Waals surface area contributed by atoms with E-state index < -0.39 is 10.8 Å². The molecule has 24 heavy (non-hydrogen) atoms. The van der Waals surface area contributed by atoms with Gasteiger partial charge in [0.2, 0.25) is 0 Å². The lowest BCUT2D eigenvalue weighted by Gasteiger charge is -2.06. The van der Waals surface area contributed by atoms with E-state index in [9.17, 15) is 14.9 Å². The van der Waals surface area contributed by atoms with Gasteiger partial charge in [-0.1, -0.05) is 18.2 Å². The summed E-state index contributed by atoms with van der Waals surface area (Å²) < 4.78 is 0. The molecular weight excluding hydrogens is 308 g/mol. The molecule has 0 saturated heterocycles. The standard InChI is InChI=1S/C17H14N4O3/c1-12-4-2-3-5-16(12)19-11-13(10-18)17(22)20-14-6-8-15(9-7-14)21(23)24/h2-9,11,19H,1H3,(H,20,22)/b13-11-. The molecule has 2 aromatic rings. The first kappa shape index (κ1) is 16.7. The Bertz CT molecular complexity index is 836. The van der Waals surface area contributed by atoms with Crippen molar-refractivity contribution >= 4 is 23.0 Å². The van der Waals surface area contributed by atoms with Crippen molar-refractivity contribution in [3.8, 4) is 6.07 Å². The lowest BCUT2D eigenvalue weighted by Crippen LogP contribution is -2.14. The highest BCUT2D eigenvalue weighted by Crippen LogP contribution is 2.17. The van der Waals surface area contributed by atoms with Crippen molar-refractivity contribution < 1.29 is 9.72 Å². The van der Waals surface area contributed by atoms with Gasteiger partial charge in [0, 0.05) is 29.7 Å². The Morgan fingerprint density at radius 2 is 1.88 bits per heavy atom. The number of nitro benzene ring substituents is 1. The third-order valence-corrected chi connectivity index (χ3v) is 3.22. The maximum absolute atomic E-state index is 12.1. The van der Waals surface area contributed by atoms with Crippen molar-refractivity contribution in [3.63, 3.8) is 0 Å². The van der Waals surface area contributed by atoms with Crippen molar-refractivity contribution in [2.24, 2.45) is 0 Å². The summed E-state index contributed by atoms with van der Waals surface area (Å²) in [5.41, 5.74) is 1.93. The van der Waals surface area contributed by atoms with Crippen LogP contribution in [-0.2, 0) is 4.79 Å². The first-order valence-electron chi connectivity index (χ1n) is 6.99. The number of para-hydroxylation sites is 1. The van der Waals surface area contributed by atoms with Gasteiger partial charge in [-0.25, -0.2) is 0 Å². The Morgan fingerprint density at radius 3 is 2.46 bits per heavy atom. The Hall–Kier alpha value is -3.66. The number of anilines is 2. The van der Waals surface area contributed by atoms with E-state index in [1.807, 2.05) is 37.3 Å². The first-order chi connectivity index (χ1) is 11.5. The number of nitrogens with one attached hydrogen (secondary N) is 2. The van der Waals surface area contributed by atoms with E-state index in [4.69, 9.17) is 5.26 Å². The number of hydrogen-bond donors (Lipinski definition) is 2. The van der Waals surface area contributed by atoms with Gasteiger partial charge in [0.1, 0.15) is 11.6 Å². The number of rotatable bonds is 5. The molecule has 0 fully saturated rings. The van der Waals surface area contributed by atoms with Crippen LogP contribution in [0.4, 0.5) is 17.1 Å². The topological polar surface area (TPSA) is 108 Å². The van der Waals surface area contributed by atoms with Gasteiger partial charge < -0.3 is 10.6 Å². The van der Waals surface area contributed by atoms with Crippen LogP contribution in [-0.4, -0.2) is 10.8 Å². The van der Waals surface area contributed by atoms with Crippen LogP contribution in [0.2, 0.25) is 0 Å². The van der Waals surface area contributed by atoms with E-state index in [0.717, 1.165) is 11.3 Å². The van der Waals surface area contributed by atoms with Crippen molar-refractivity contribution in [2.75, 3.05) is 10.6 Å². The number of non-ortho nitro benzene ring substituents is 1. The third-order valence-electron chi connectivity index (χ3n) is 3.22. The number of carbonyl (C=O) groups is 1. The lowest BCUT2D eigenvalue weighted by atomic mass is 10.2. The predicted molar refractivity (Wildman–Crippen MR) is 90.2 cm³/mol. The summed E-state index contributed by atoms with van der Waals surface area (Å²) in [7, 11) is 0. The molecule has 0 unspecified atom stereocenters. The van der Waals surface area contributed by atoms with Gasteiger partial charge in [-0.15, -0.1) is 0 Å². The molecule has 0 bridgehead atoms. The molecule has 0 saturated carbocycles.